The Morgan fingerprint density at radius 3 is 1.24 bits per heavy atom. The molecule has 0 aromatic heterocycles. The normalized spacial score (nSPS) is 11.0. The third-order valence-corrected chi connectivity index (χ3v) is 9.40. The molecule has 0 heteroatoms. The number of rotatable bonds is 4. The zero-order valence-corrected chi connectivity index (χ0v) is 27.6. The number of hydrogen-bond acceptors (Lipinski definition) is 0. The summed E-state index contributed by atoms with van der Waals surface area (Å²) in [6, 6.07) is 66.6. The third kappa shape index (κ3) is 5.69. The Labute approximate surface area is 288 Å². The van der Waals surface area contributed by atoms with E-state index in [1.165, 1.54) is 87.6 Å². The molecule has 0 aliphatic rings. The molecule has 0 heterocycles. The molecule has 0 unspecified atom stereocenters. The molecule has 9 aromatic carbocycles. The van der Waals surface area contributed by atoms with Crippen LogP contribution in [-0.2, 0) is 0 Å². The molecule has 9 rings (SSSR count). The number of allylic oxidation sites excluding steroid dienone is 1. The maximum absolute atomic E-state index is 3.36. The van der Waals surface area contributed by atoms with E-state index in [2.05, 4.69) is 189 Å². The molecule has 0 spiro atoms. The quantitative estimate of drug-likeness (QED) is 0.135. The summed E-state index contributed by atoms with van der Waals surface area (Å²) in [5, 5.41) is 10.1. The smallest absolute Gasteiger partial charge is 0.00262 e. The molecule has 232 valence electrons. The minimum absolute atomic E-state index is 1.22. The zero-order chi connectivity index (χ0) is 33.2. The van der Waals surface area contributed by atoms with Gasteiger partial charge in [0.05, 0.1) is 0 Å². The van der Waals surface area contributed by atoms with Gasteiger partial charge in [-0.05, 0) is 119 Å². The van der Waals surface area contributed by atoms with Crippen LogP contribution in [0.4, 0.5) is 0 Å². The molecule has 0 bridgehead atoms. The van der Waals surface area contributed by atoms with E-state index in [9.17, 15) is 0 Å². The van der Waals surface area contributed by atoms with Gasteiger partial charge in [-0.15, -0.1) is 6.58 Å². The van der Waals surface area contributed by atoms with Crippen LogP contribution < -0.4 is 0 Å². The van der Waals surface area contributed by atoms with Crippen LogP contribution in [0.15, 0.2) is 195 Å². The monoisotopic (exact) mass is 624 g/mol. The van der Waals surface area contributed by atoms with Crippen LogP contribution in [0.25, 0.3) is 87.6 Å². The fourth-order valence-corrected chi connectivity index (χ4v) is 7.18. The van der Waals surface area contributed by atoms with Crippen molar-refractivity contribution in [2.24, 2.45) is 0 Å². The molecular formula is C49H36. The standard InChI is InChI=1S/C46H30.C3H6/c1-2-11-31(12-3-1)35-22-23-38-28-36(24-25-37(38)27-35)34-15-10-16-39(30-34)45-41-17-6-8-19-43(41)46(44-20-9-7-18-42(44)45)40-26-21-32-13-4-5-14-33(32)29-40;1-3-2/h1-30H;3H,1H2,2H3. The first kappa shape index (κ1) is 30.1. The zero-order valence-electron chi connectivity index (χ0n) is 27.6. The fraction of sp³-hybridized carbons (Fsp3) is 0.0204. The minimum Gasteiger partial charge on any atom is -0.103 e. The van der Waals surface area contributed by atoms with Crippen LogP contribution in [0.5, 0.6) is 0 Å². The predicted octanol–water partition coefficient (Wildman–Crippen LogP) is 14.2. The van der Waals surface area contributed by atoms with Crippen molar-refractivity contribution in [3.8, 4) is 44.5 Å². The van der Waals surface area contributed by atoms with Gasteiger partial charge in [-0.3, -0.25) is 0 Å². The van der Waals surface area contributed by atoms with Crippen molar-refractivity contribution in [3.05, 3.63) is 195 Å². The van der Waals surface area contributed by atoms with Gasteiger partial charge < -0.3 is 0 Å². The molecule has 0 saturated carbocycles. The van der Waals surface area contributed by atoms with E-state index < -0.39 is 0 Å². The predicted molar refractivity (Wildman–Crippen MR) is 214 cm³/mol. The lowest BCUT2D eigenvalue weighted by atomic mass is 9.85. The molecule has 49 heavy (non-hydrogen) atoms. The topological polar surface area (TPSA) is 0 Å². The molecule has 0 saturated heterocycles. The molecule has 0 N–H and O–H groups in total. The molecule has 0 nitrogen and oxygen atoms in total. The number of fused-ring (bicyclic) bond motifs is 4. The van der Waals surface area contributed by atoms with Crippen molar-refractivity contribution in [1.29, 1.82) is 0 Å². The summed E-state index contributed by atoms with van der Waals surface area (Å²) >= 11 is 0. The van der Waals surface area contributed by atoms with Crippen LogP contribution in [-0.4, -0.2) is 0 Å². The summed E-state index contributed by atoms with van der Waals surface area (Å²) in [7, 11) is 0. The maximum Gasteiger partial charge on any atom is -0.00262 e. The minimum atomic E-state index is 1.22. The number of benzene rings is 9. The first-order valence-corrected chi connectivity index (χ1v) is 16.9. The largest absolute Gasteiger partial charge is 0.103 e. The highest BCUT2D eigenvalue weighted by Gasteiger charge is 2.17. The fourth-order valence-electron chi connectivity index (χ4n) is 7.18. The molecule has 0 aliphatic heterocycles. The van der Waals surface area contributed by atoms with Gasteiger partial charge in [0.2, 0.25) is 0 Å². The van der Waals surface area contributed by atoms with Crippen molar-refractivity contribution in [2.45, 2.75) is 6.92 Å². The summed E-state index contributed by atoms with van der Waals surface area (Å²) in [5.41, 5.74) is 9.99. The third-order valence-electron chi connectivity index (χ3n) is 9.40. The van der Waals surface area contributed by atoms with E-state index in [0.717, 1.165) is 0 Å². The van der Waals surface area contributed by atoms with E-state index in [-0.39, 0.29) is 0 Å². The maximum atomic E-state index is 3.36. The molecule has 0 atom stereocenters. The van der Waals surface area contributed by atoms with Gasteiger partial charge >= 0.3 is 0 Å². The van der Waals surface area contributed by atoms with Gasteiger partial charge in [0.1, 0.15) is 0 Å². The number of hydrogen-bond donors (Lipinski definition) is 0. The first-order chi connectivity index (χ1) is 24.2. The van der Waals surface area contributed by atoms with Crippen molar-refractivity contribution in [2.75, 3.05) is 0 Å². The summed E-state index contributed by atoms with van der Waals surface area (Å²) < 4.78 is 0. The Bertz CT molecular complexity index is 2570. The Kier molecular flexibility index (Phi) is 8.05. The van der Waals surface area contributed by atoms with E-state index in [1.54, 1.807) is 6.08 Å². The molecule has 0 amide bonds. The van der Waals surface area contributed by atoms with Crippen molar-refractivity contribution in [1.82, 2.24) is 0 Å². The Balaban J connectivity index is 0.00000112. The second kappa shape index (κ2) is 13.1. The Morgan fingerprint density at radius 1 is 0.306 bits per heavy atom. The molecular weight excluding hydrogens is 589 g/mol. The highest BCUT2D eigenvalue weighted by atomic mass is 14.2. The van der Waals surface area contributed by atoms with Crippen molar-refractivity contribution >= 4 is 43.1 Å². The average Bonchev–Trinajstić information content (AvgIpc) is 3.17. The lowest BCUT2D eigenvalue weighted by molar-refractivity contribution is 1.62. The van der Waals surface area contributed by atoms with Gasteiger partial charge in [0.15, 0.2) is 0 Å². The molecule has 0 aliphatic carbocycles. The average molecular weight is 625 g/mol. The first-order valence-electron chi connectivity index (χ1n) is 16.9. The van der Waals surface area contributed by atoms with E-state index in [0.29, 0.717) is 0 Å². The lowest BCUT2D eigenvalue weighted by Crippen LogP contribution is -1.91. The van der Waals surface area contributed by atoms with Crippen LogP contribution >= 0.6 is 0 Å². The van der Waals surface area contributed by atoms with E-state index >= 15 is 0 Å². The van der Waals surface area contributed by atoms with E-state index in [1.807, 2.05) is 6.92 Å². The van der Waals surface area contributed by atoms with Crippen LogP contribution in [0.2, 0.25) is 0 Å². The van der Waals surface area contributed by atoms with Gasteiger partial charge in [-0.25, -0.2) is 0 Å². The molecule has 0 radical (unpaired) electrons. The van der Waals surface area contributed by atoms with Gasteiger partial charge in [-0.1, -0.05) is 164 Å². The van der Waals surface area contributed by atoms with Gasteiger partial charge in [0, 0.05) is 0 Å². The summed E-state index contributed by atoms with van der Waals surface area (Å²) in [4.78, 5) is 0. The highest BCUT2D eigenvalue weighted by molar-refractivity contribution is 6.21. The molecule has 9 aromatic rings. The van der Waals surface area contributed by atoms with E-state index in [4.69, 9.17) is 0 Å². The van der Waals surface area contributed by atoms with Crippen LogP contribution in [0, 0.1) is 0 Å². The van der Waals surface area contributed by atoms with Crippen molar-refractivity contribution < 1.29 is 0 Å². The van der Waals surface area contributed by atoms with Crippen LogP contribution in [0.3, 0.4) is 0 Å². The second-order valence-corrected chi connectivity index (χ2v) is 12.5. The second-order valence-electron chi connectivity index (χ2n) is 12.5. The van der Waals surface area contributed by atoms with Crippen LogP contribution in [0.1, 0.15) is 6.92 Å². The summed E-state index contributed by atoms with van der Waals surface area (Å²) in [6.07, 6.45) is 1.75. The summed E-state index contributed by atoms with van der Waals surface area (Å²) in [5.74, 6) is 0. The van der Waals surface area contributed by atoms with Gasteiger partial charge in [0.25, 0.3) is 0 Å². The SMILES string of the molecule is C=CC.c1ccc(-c2ccc3cc(-c4cccc(-c5c6ccccc6c(-c6ccc7ccccc7c6)c6ccccc56)c4)ccc3c2)cc1. The van der Waals surface area contributed by atoms with Crippen molar-refractivity contribution in [3.63, 3.8) is 0 Å². The highest BCUT2D eigenvalue weighted by Crippen LogP contribution is 2.44. The summed E-state index contributed by atoms with van der Waals surface area (Å²) in [6.45, 7) is 5.25. The van der Waals surface area contributed by atoms with Gasteiger partial charge in [-0.2, -0.15) is 0 Å². The Morgan fingerprint density at radius 2 is 0.653 bits per heavy atom. The lowest BCUT2D eigenvalue weighted by Gasteiger charge is -2.18. The Hall–Kier alpha value is -6.24. The molecule has 0 fully saturated rings.